The fourth-order valence-electron chi connectivity index (χ4n) is 9.97. The van der Waals surface area contributed by atoms with Crippen LogP contribution in [0.15, 0.2) is 133 Å². The molecule has 0 bridgehead atoms. The zero-order valence-electron chi connectivity index (χ0n) is 29.1. The molecule has 4 N–H and O–H groups in total. The van der Waals surface area contributed by atoms with Crippen LogP contribution in [0, 0.1) is 0 Å². The van der Waals surface area contributed by atoms with Gasteiger partial charge in [-0.15, -0.1) is 0 Å². The predicted molar refractivity (Wildman–Crippen MR) is 221 cm³/mol. The summed E-state index contributed by atoms with van der Waals surface area (Å²) in [5.41, 5.74) is 22.5. The number of benzene rings is 6. The Balaban J connectivity index is 1.02. The molecule has 0 saturated heterocycles. The third-order valence-electron chi connectivity index (χ3n) is 12.3. The Bertz CT molecular complexity index is 2520. The first-order valence-electron chi connectivity index (χ1n) is 18.8. The maximum atomic E-state index is 3.94. The molecule has 6 aromatic rings. The van der Waals surface area contributed by atoms with Crippen LogP contribution in [0.2, 0.25) is 0 Å². The van der Waals surface area contributed by atoms with Crippen molar-refractivity contribution in [2.24, 2.45) is 0 Å². The second-order valence-electron chi connectivity index (χ2n) is 15.0. The number of hydrogen-bond donors (Lipinski definition) is 4. The molecule has 4 nitrogen and oxygen atoms in total. The van der Waals surface area contributed by atoms with Crippen molar-refractivity contribution in [2.75, 3.05) is 34.4 Å². The number of rotatable bonds is 2. The highest BCUT2D eigenvalue weighted by molar-refractivity contribution is 5.96. The van der Waals surface area contributed by atoms with E-state index in [4.69, 9.17) is 0 Å². The Hall–Kier alpha value is -6.52. The topological polar surface area (TPSA) is 48.1 Å². The number of nitrogens with one attached hydrogen (secondary N) is 4. The highest BCUT2D eigenvalue weighted by atomic mass is 15.0. The van der Waals surface area contributed by atoms with E-state index in [0.29, 0.717) is 0 Å². The molecular weight excluding hydrogens is 645 g/mol. The first-order chi connectivity index (χ1) is 26.3. The summed E-state index contributed by atoms with van der Waals surface area (Å²) in [6.07, 6.45) is 18.0. The summed E-state index contributed by atoms with van der Waals surface area (Å²) in [6, 6.07) is 41.6. The van der Waals surface area contributed by atoms with Crippen molar-refractivity contribution in [1.29, 1.82) is 0 Å². The standard InChI is InChI=1S/C49H36N4/c1-3-11-39-35(9-1)37-21-17-33(43-23-19-31-15-13-29-7-5-25-50-45(29)47(31)52-43)27-41(37)49(39)40-12-4-2-10-36(40)38-22-18-34(28-42(38)49)44-24-20-32-16-14-30-8-6-26-51-46(30)48(32)53-44/h1-24,27-28,43-44,50-53H,25-26H2. The molecule has 0 aromatic heterocycles. The summed E-state index contributed by atoms with van der Waals surface area (Å²) in [4.78, 5) is 0. The van der Waals surface area contributed by atoms with Crippen LogP contribution in [0.4, 0.5) is 22.7 Å². The normalized spacial score (nSPS) is 21.1. The van der Waals surface area contributed by atoms with Crippen molar-refractivity contribution < 1.29 is 0 Å². The second kappa shape index (κ2) is 10.8. The van der Waals surface area contributed by atoms with E-state index in [9.17, 15) is 0 Å². The van der Waals surface area contributed by atoms with Crippen LogP contribution in [0.1, 0.15) is 67.7 Å². The summed E-state index contributed by atoms with van der Waals surface area (Å²) < 4.78 is 0. The zero-order chi connectivity index (χ0) is 34.7. The minimum Gasteiger partial charge on any atom is -0.379 e. The zero-order valence-corrected chi connectivity index (χ0v) is 29.1. The average molecular weight is 681 g/mol. The molecule has 6 aromatic carbocycles. The van der Waals surface area contributed by atoms with E-state index in [1.54, 1.807) is 0 Å². The molecule has 2 unspecified atom stereocenters. The Kier molecular flexibility index (Phi) is 5.90. The molecule has 4 heteroatoms. The van der Waals surface area contributed by atoms with E-state index in [0.717, 1.165) is 13.1 Å². The molecular formula is C49H36N4. The lowest BCUT2D eigenvalue weighted by atomic mass is 9.70. The van der Waals surface area contributed by atoms with Gasteiger partial charge in [-0.25, -0.2) is 0 Å². The summed E-state index contributed by atoms with van der Waals surface area (Å²) in [6.45, 7) is 1.68. The second-order valence-corrected chi connectivity index (χ2v) is 15.0. The average Bonchev–Trinajstić information content (AvgIpc) is 3.70. The summed E-state index contributed by atoms with van der Waals surface area (Å²) in [7, 11) is 0. The molecule has 53 heavy (non-hydrogen) atoms. The molecule has 6 aliphatic rings. The Morgan fingerprint density at radius 1 is 0.415 bits per heavy atom. The summed E-state index contributed by atoms with van der Waals surface area (Å²) in [5, 5.41) is 15.2. The first kappa shape index (κ1) is 29.1. The molecule has 252 valence electrons. The molecule has 4 aliphatic heterocycles. The molecule has 1 spiro atoms. The predicted octanol–water partition coefficient (Wildman–Crippen LogP) is 11.3. The smallest absolute Gasteiger partial charge is 0.0725 e. The van der Waals surface area contributed by atoms with Gasteiger partial charge in [0.15, 0.2) is 0 Å². The summed E-state index contributed by atoms with van der Waals surface area (Å²) >= 11 is 0. The third kappa shape index (κ3) is 3.95. The molecule has 0 radical (unpaired) electrons. The Labute approximate surface area is 309 Å². The van der Waals surface area contributed by atoms with Gasteiger partial charge in [-0.1, -0.05) is 158 Å². The third-order valence-corrected chi connectivity index (χ3v) is 12.3. The number of hydrogen-bond acceptors (Lipinski definition) is 4. The van der Waals surface area contributed by atoms with Crippen LogP contribution in [-0.2, 0) is 5.41 Å². The van der Waals surface area contributed by atoms with Gasteiger partial charge in [0, 0.05) is 13.1 Å². The van der Waals surface area contributed by atoms with E-state index in [1.807, 2.05) is 0 Å². The highest BCUT2D eigenvalue weighted by Crippen LogP contribution is 2.63. The minimum absolute atomic E-state index is 0.0428. The monoisotopic (exact) mass is 680 g/mol. The first-order valence-corrected chi connectivity index (χ1v) is 18.8. The van der Waals surface area contributed by atoms with Crippen molar-refractivity contribution in [3.8, 4) is 22.3 Å². The van der Waals surface area contributed by atoms with E-state index < -0.39 is 5.41 Å². The van der Waals surface area contributed by atoms with Crippen molar-refractivity contribution in [3.05, 3.63) is 189 Å². The fraction of sp³-hybridized carbons (Fsp3) is 0.102. The van der Waals surface area contributed by atoms with Gasteiger partial charge in [0.05, 0.1) is 40.2 Å². The van der Waals surface area contributed by atoms with Crippen molar-refractivity contribution in [2.45, 2.75) is 17.5 Å². The van der Waals surface area contributed by atoms with Gasteiger partial charge in [0.2, 0.25) is 0 Å². The van der Waals surface area contributed by atoms with Gasteiger partial charge in [-0.05, 0) is 77.9 Å². The largest absolute Gasteiger partial charge is 0.379 e. The van der Waals surface area contributed by atoms with Crippen LogP contribution in [-0.4, -0.2) is 13.1 Å². The van der Waals surface area contributed by atoms with Gasteiger partial charge in [-0.3, -0.25) is 0 Å². The Morgan fingerprint density at radius 3 is 1.34 bits per heavy atom. The molecule has 0 saturated carbocycles. The quantitative estimate of drug-likeness (QED) is 0.147. The molecule has 0 fully saturated rings. The number of fused-ring (bicyclic) bond motifs is 16. The summed E-state index contributed by atoms with van der Waals surface area (Å²) in [5.74, 6) is 0. The van der Waals surface area contributed by atoms with Crippen LogP contribution < -0.4 is 21.3 Å². The van der Waals surface area contributed by atoms with Gasteiger partial charge in [0.1, 0.15) is 0 Å². The van der Waals surface area contributed by atoms with Gasteiger partial charge in [0.25, 0.3) is 0 Å². The van der Waals surface area contributed by atoms with Crippen LogP contribution in [0.3, 0.4) is 0 Å². The minimum atomic E-state index is -0.437. The van der Waals surface area contributed by atoms with Gasteiger partial charge >= 0.3 is 0 Å². The molecule has 2 atom stereocenters. The number of anilines is 4. The van der Waals surface area contributed by atoms with E-state index in [1.165, 1.54) is 101 Å². The maximum absolute atomic E-state index is 3.94. The molecule has 12 rings (SSSR count). The lowest BCUT2D eigenvalue weighted by Crippen LogP contribution is -2.27. The highest BCUT2D eigenvalue weighted by Gasteiger charge is 2.52. The van der Waals surface area contributed by atoms with E-state index in [2.05, 4.69) is 179 Å². The molecule has 2 aliphatic carbocycles. The van der Waals surface area contributed by atoms with E-state index >= 15 is 0 Å². The van der Waals surface area contributed by atoms with Crippen LogP contribution >= 0.6 is 0 Å². The van der Waals surface area contributed by atoms with Crippen molar-refractivity contribution in [1.82, 2.24) is 0 Å². The fourth-order valence-corrected chi connectivity index (χ4v) is 9.97. The van der Waals surface area contributed by atoms with Crippen LogP contribution in [0.5, 0.6) is 0 Å². The lowest BCUT2D eigenvalue weighted by Gasteiger charge is -2.33. The lowest BCUT2D eigenvalue weighted by molar-refractivity contribution is 0.786. The molecule has 0 amide bonds. The Morgan fingerprint density at radius 2 is 0.849 bits per heavy atom. The van der Waals surface area contributed by atoms with Crippen LogP contribution in [0.25, 0.3) is 46.6 Å². The SMILES string of the molecule is C1=Cc2ccc3c(c2NC1)NC(c1ccc2c(c1)C1(c4ccccc4-2)c2ccccc2-c2ccc(C4C=Cc5ccc6c(c5N4)NCC=C6)cc21)C=C3. The maximum Gasteiger partial charge on any atom is 0.0725 e. The van der Waals surface area contributed by atoms with Gasteiger partial charge in [-0.2, -0.15) is 0 Å². The van der Waals surface area contributed by atoms with Crippen molar-refractivity contribution >= 4 is 47.1 Å². The van der Waals surface area contributed by atoms with Gasteiger partial charge < -0.3 is 21.3 Å². The molecule has 4 heterocycles. The van der Waals surface area contributed by atoms with Crippen molar-refractivity contribution in [3.63, 3.8) is 0 Å². The van der Waals surface area contributed by atoms with E-state index in [-0.39, 0.29) is 12.1 Å².